The van der Waals surface area contributed by atoms with Crippen molar-refractivity contribution in [3.8, 4) is 11.3 Å². The molecule has 0 saturated heterocycles. The first-order valence-corrected chi connectivity index (χ1v) is 9.37. The van der Waals surface area contributed by atoms with E-state index >= 15 is 0 Å². The van der Waals surface area contributed by atoms with Crippen LogP contribution in [0.5, 0.6) is 0 Å². The lowest BCUT2D eigenvalue weighted by atomic mass is 10.0. The molecule has 28 heavy (non-hydrogen) atoms. The molecule has 1 aromatic heterocycles. The van der Waals surface area contributed by atoms with E-state index < -0.39 is 11.7 Å². The molecular weight excluding hydrogens is 371 g/mol. The number of benzene rings is 1. The largest absolute Gasteiger partial charge is 0.416 e. The maximum atomic E-state index is 12.8. The van der Waals surface area contributed by atoms with E-state index in [1.54, 1.807) is 0 Å². The summed E-state index contributed by atoms with van der Waals surface area (Å²) in [6.07, 6.45) is -2.28. The smallest absolute Gasteiger partial charge is 0.355 e. The van der Waals surface area contributed by atoms with E-state index in [2.05, 4.69) is 15.8 Å². The number of carbonyl (C=O) groups is 1. The third kappa shape index (κ3) is 4.73. The number of hydrogen-bond acceptors (Lipinski definition) is 4. The fourth-order valence-corrected chi connectivity index (χ4v) is 2.66. The third-order valence-electron chi connectivity index (χ3n) is 4.98. The van der Waals surface area contributed by atoms with Crippen LogP contribution in [0.2, 0.25) is 0 Å². The first kappa shape index (κ1) is 20.4. The quantitative estimate of drug-likeness (QED) is 0.730. The Balaban J connectivity index is 1.89. The van der Waals surface area contributed by atoms with Crippen molar-refractivity contribution in [2.45, 2.75) is 58.4 Å². The van der Waals surface area contributed by atoms with E-state index in [-0.39, 0.29) is 23.6 Å². The van der Waals surface area contributed by atoms with Crippen molar-refractivity contribution in [2.24, 2.45) is 5.92 Å². The van der Waals surface area contributed by atoms with Crippen LogP contribution in [0.1, 0.15) is 55.2 Å². The number of carbonyl (C=O) groups excluding carboxylic acids is 1. The van der Waals surface area contributed by atoms with Gasteiger partial charge in [-0.1, -0.05) is 31.1 Å². The molecule has 1 atom stereocenters. The van der Waals surface area contributed by atoms with Crippen LogP contribution in [0.25, 0.3) is 11.3 Å². The Morgan fingerprint density at radius 3 is 2.39 bits per heavy atom. The van der Waals surface area contributed by atoms with E-state index in [0.29, 0.717) is 29.5 Å². The Kier molecular flexibility index (Phi) is 5.79. The van der Waals surface area contributed by atoms with Gasteiger partial charge in [0.1, 0.15) is 0 Å². The zero-order valence-electron chi connectivity index (χ0n) is 16.1. The van der Waals surface area contributed by atoms with Crippen molar-refractivity contribution in [3.05, 3.63) is 41.1 Å². The topological polar surface area (TPSA) is 67.2 Å². The molecule has 0 aliphatic heterocycles. The van der Waals surface area contributed by atoms with Crippen molar-refractivity contribution in [3.63, 3.8) is 0 Å². The summed E-state index contributed by atoms with van der Waals surface area (Å²) in [6.45, 7) is 6.26. The fourth-order valence-electron chi connectivity index (χ4n) is 2.66. The summed E-state index contributed by atoms with van der Waals surface area (Å²) in [5.74, 6) is 0.207. The molecule has 0 radical (unpaired) electrons. The fraction of sp³-hybridized carbons (Fsp3) is 0.500. The monoisotopic (exact) mass is 395 g/mol. The summed E-state index contributed by atoms with van der Waals surface area (Å²) in [5, 5.41) is 10.1. The van der Waals surface area contributed by atoms with Gasteiger partial charge in [0, 0.05) is 29.8 Å². The maximum absolute atomic E-state index is 12.8. The molecule has 8 heteroatoms. The average Bonchev–Trinajstić information content (AvgIpc) is 3.36. The summed E-state index contributed by atoms with van der Waals surface area (Å²) in [7, 11) is 0. The summed E-state index contributed by atoms with van der Waals surface area (Å²) in [4.78, 5) is 12.7. The van der Waals surface area contributed by atoms with E-state index in [0.717, 1.165) is 25.0 Å². The summed E-state index contributed by atoms with van der Waals surface area (Å²) in [5.41, 5.74) is 0.428. The van der Waals surface area contributed by atoms with Gasteiger partial charge < -0.3 is 15.2 Å². The molecule has 1 aromatic carbocycles. The molecule has 3 rings (SSSR count). The highest BCUT2D eigenvalue weighted by molar-refractivity contribution is 5.95. The zero-order valence-corrected chi connectivity index (χ0v) is 16.1. The van der Waals surface area contributed by atoms with Crippen LogP contribution < -0.4 is 10.6 Å². The Morgan fingerprint density at radius 1 is 1.21 bits per heavy atom. The summed E-state index contributed by atoms with van der Waals surface area (Å²) < 4.78 is 43.8. The minimum absolute atomic E-state index is 0.0528. The van der Waals surface area contributed by atoms with Gasteiger partial charge in [0.15, 0.2) is 11.5 Å². The Bertz CT molecular complexity index is 824. The predicted octanol–water partition coefficient (Wildman–Crippen LogP) is 4.39. The van der Waals surface area contributed by atoms with Gasteiger partial charge in [0.25, 0.3) is 5.91 Å². The van der Waals surface area contributed by atoms with Crippen LogP contribution >= 0.6 is 0 Å². The molecule has 2 aromatic rings. The third-order valence-corrected chi connectivity index (χ3v) is 4.98. The minimum Gasteiger partial charge on any atom is -0.355 e. The number of alkyl halides is 3. The van der Waals surface area contributed by atoms with Crippen LogP contribution in [0, 0.1) is 5.92 Å². The van der Waals surface area contributed by atoms with E-state index in [4.69, 9.17) is 4.52 Å². The molecule has 1 fully saturated rings. The van der Waals surface area contributed by atoms with Gasteiger partial charge in [-0.05, 0) is 37.8 Å². The highest BCUT2D eigenvalue weighted by Gasteiger charge is 2.31. The second-order valence-corrected chi connectivity index (χ2v) is 7.58. The normalized spacial score (nSPS) is 15.7. The van der Waals surface area contributed by atoms with Gasteiger partial charge in [0.2, 0.25) is 0 Å². The molecule has 5 nitrogen and oxygen atoms in total. The second-order valence-electron chi connectivity index (χ2n) is 7.58. The van der Waals surface area contributed by atoms with Gasteiger partial charge in [-0.2, -0.15) is 13.2 Å². The van der Waals surface area contributed by atoms with Gasteiger partial charge >= 0.3 is 6.18 Å². The number of halogens is 3. The molecule has 1 amide bonds. The van der Waals surface area contributed by atoms with Crippen LogP contribution in [-0.4, -0.2) is 23.1 Å². The number of hydrogen-bond donors (Lipinski definition) is 2. The number of nitrogens with one attached hydrogen (secondary N) is 2. The lowest BCUT2D eigenvalue weighted by Gasteiger charge is -2.17. The average molecular weight is 395 g/mol. The van der Waals surface area contributed by atoms with Gasteiger partial charge in [-0.15, -0.1) is 0 Å². The predicted molar refractivity (Wildman–Crippen MR) is 98.6 cm³/mol. The molecule has 1 aliphatic carbocycles. The van der Waals surface area contributed by atoms with Gasteiger partial charge in [-0.25, -0.2) is 0 Å². The number of aromatic nitrogens is 1. The SMILES string of the molecule is CC(C)[C@H](C)NC(=O)c1noc(-c2ccc(C(F)(F)F)cc2)c1CNC1CC1. The van der Waals surface area contributed by atoms with Crippen LogP contribution in [-0.2, 0) is 12.7 Å². The lowest BCUT2D eigenvalue weighted by Crippen LogP contribution is -2.37. The van der Waals surface area contributed by atoms with Crippen LogP contribution in [0.15, 0.2) is 28.8 Å². The molecule has 0 spiro atoms. The van der Waals surface area contributed by atoms with Crippen molar-refractivity contribution in [1.82, 2.24) is 15.8 Å². The molecule has 152 valence electrons. The Labute approximate surface area is 161 Å². The van der Waals surface area contributed by atoms with Crippen molar-refractivity contribution < 1.29 is 22.5 Å². The lowest BCUT2D eigenvalue weighted by molar-refractivity contribution is -0.137. The highest BCUT2D eigenvalue weighted by Crippen LogP contribution is 2.33. The number of rotatable bonds is 7. The van der Waals surface area contributed by atoms with E-state index in [1.807, 2.05) is 20.8 Å². The summed E-state index contributed by atoms with van der Waals surface area (Å²) in [6, 6.07) is 5.00. The molecule has 0 unspecified atom stereocenters. The number of amides is 1. The molecule has 2 N–H and O–H groups in total. The molecule has 0 bridgehead atoms. The first-order chi connectivity index (χ1) is 13.2. The standard InChI is InChI=1S/C20H24F3N3O2/c1-11(2)12(3)25-19(27)17-16(10-24-15-8-9-15)18(28-26-17)13-4-6-14(7-5-13)20(21,22)23/h4-7,11-12,15,24H,8-10H2,1-3H3,(H,25,27)/t12-/m0/s1. The number of nitrogens with zero attached hydrogens (tertiary/aromatic N) is 1. The first-order valence-electron chi connectivity index (χ1n) is 9.37. The summed E-state index contributed by atoms with van der Waals surface area (Å²) >= 11 is 0. The van der Waals surface area contributed by atoms with E-state index in [1.165, 1.54) is 12.1 Å². The molecule has 1 aliphatic rings. The second kappa shape index (κ2) is 7.95. The highest BCUT2D eigenvalue weighted by atomic mass is 19.4. The maximum Gasteiger partial charge on any atom is 0.416 e. The Hall–Kier alpha value is -2.35. The Morgan fingerprint density at radius 2 is 1.86 bits per heavy atom. The van der Waals surface area contributed by atoms with Crippen molar-refractivity contribution in [1.29, 1.82) is 0 Å². The molecule has 1 heterocycles. The van der Waals surface area contributed by atoms with E-state index in [9.17, 15) is 18.0 Å². The van der Waals surface area contributed by atoms with Crippen LogP contribution in [0.3, 0.4) is 0 Å². The van der Waals surface area contributed by atoms with Crippen molar-refractivity contribution >= 4 is 5.91 Å². The van der Waals surface area contributed by atoms with Gasteiger partial charge in [0.05, 0.1) is 5.56 Å². The van der Waals surface area contributed by atoms with Gasteiger partial charge in [-0.3, -0.25) is 4.79 Å². The molecule has 1 saturated carbocycles. The van der Waals surface area contributed by atoms with Crippen LogP contribution in [0.4, 0.5) is 13.2 Å². The zero-order chi connectivity index (χ0) is 20.5. The molecular formula is C20H24F3N3O2. The van der Waals surface area contributed by atoms with Crippen molar-refractivity contribution in [2.75, 3.05) is 0 Å². The minimum atomic E-state index is -4.41.